The van der Waals surface area contributed by atoms with Gasteiger partial charge in [0.25, 0.3) is 0 Å². The first-order chi connectivity index (χ1) is 10.3. The number of esters is 2. The molecule has 0 fully saturated rings. The molecule has 0 aliphatic rings. The zero-order chi connectivity index (χ0) is 17.7. The number of nitriles is 1. The molecule has 0 saturated carbocycles. The highest BCUT2D eigenvalue weighted by Crippen LogP contribution is 2.10. The Balaban J connectivity index is -0.000000333. The molecule has 0 heterocycles. The van der Waals surface area contributed by atoms with Crippen molar-refractivity contribution in [1.82, 2.24) is 0 Å². The fourth-order valence-electron chi connectivity index (χ4n) is 1.45. The predicted molar refractivity (Wildman–Crippen MR) is 91.9 cm³/mol. The third-order valence-corrected chi connectivity index (χ3v) is 2.74. The van der Waals surface area contributed by atoms with E-state index in [2.05, 4.69) is 4.74 Å². The highest BCUT2D eigenvalue weighted by atomic mass is 35.5. The van der Waals surface area contributed by atoms with Gasteiger partial charge < -0.3 is 15.2 Å². The normalized spacial score (nSPS) is 10.2. The van der Waals surface area contributed by atoms with Crippen LogP contribution >= 0.6 is 12.4 Å². The van der Waals surface area contributed by atoms with E-state index in [4.69, 9.17) is 15.7 Å². The van der Waals surface area contributed by atoms with E-state index in [9.17, 15) is 9.59 Å². The fourth-order valence-corrected chi connectivity index (χ4v) is 1.45. The van der Waals surface area contributed by atoms with Gasteiger partial charge in [-0.1, -0.05) is 19.4 Å². The standard InChI is InChI=1S/C8H17NO2.C8H11NO2.ClH/c2*1-4-11-8(10)7(5-9)6(2)3;/h6-7H,4-5,9H2,1-3H3;4H2,1-3H3;1H. The second-order valence-corrected chi connectivity index (χ2v) is 5.05. The van der Waals surface area contributed by atoms with Crippen LogP contribution in [0.2, 0.25) is 0 Å². The molecule has 1 unspecified atom stereocenters. The molecule has 7 heteroatoms. The van der Waals surface area contributed by atoms with Crippen molar-refractivity contribution in [2.24, 2.45) is 17.6 Å². The lowest BCUT2D eigenvalue weighted by molar-refractivity contribution is -0.149. The summed E-state index contributed by atoms with van der Waals surface area (Å²) >= 11 is 0. The number of ether oxygens (including phenoxy) is 2. The molecule has 6 nitrogen and oxygen atoms in total. The molecular weight excluding hydrogens is 320 g/mol. The summed E-state index contributed by atoms with van der Waals surface area (Å²) in [5.41, 5.74) is 6.19. The third kappa shape index (κ3) is 11.6. The third-order valence-electron chi connectivity index (χ3n) is 2.74. The minimum atomic E-state index is -0.532. The van der Waals surface area contributed by atoms with Crippen molar-refractivity contribution in [3.63, 3.8) is 0 Å². The number of hydrogen-bond acceptors (Lipinski definition) is 6. The summed E-state index contributed by atoms with van der Waals surface area (Å²) in [5, 5.41) is 8.48. The maximum Gasteiger partial charge on any atom is 0.348 e. The first kappa shape index (κ1) is 26.3. The lowest BCUT2D eigenvalue weighted by Crippen LogP contribution is -2.29. The van der Waals surface area contributed by atoms with Crippen LogP contribution in [0.3, 0.4) is 0 Å². The zero-order valence-corrected chi connectivity index (χ0v) is 15.7. The number of carbonyl (C=O) groups is 2. The first-order valence-corrected chi connectivity index (χ1v) is 7.37. The lowest BCUT2D eigenvalue weighted by atomic mass is 9.96. The van der Waals surface area contributed by atoms with E-state index in [-0.39, 0.29) is 35.8 Å². The largest absolute Gasteiger partial charge is 0.466 e. The van der Waals surface area contributed by atoms with Gasteiger partial charge in [-0.25, -0.2) is 4.79 Å². The quantitative estimate of drug-likeness (QED) is 0.449. The van der Waals surface area contributed by atoms with Gasteiger partial charge >= 0.3 is 11.9 Å². The number of nitrogens with two attached hydrogens (primary N) is 1. The predicted octanol–water partition coefficient (Wildman–Crippen LogP) is 2.61. The number of carbonyl (C=O) groups excluding carboxylic acids is 2. The van der Waals surface area contributed by atoms with E-state index in [0.717, 1.165) is 0 Å². The summed E-state index contributed by atoms with van der Waals surface area (Å²) < 4.78 is 9.47. The molecule has 0 radical (unpaired) electrons. The first-order valence-electron chi connectivity index (χ1n) is 7.37. The smallest absolute Gasteiger partial charge is 0.348 e. The Morgan fingerprint density at radius 3 is 1.87 bits per heavy atom. The highest BCUT2D eigenvalue weighted by molar-refractivity contribution is 5.93. The van der Waals surface area contributed by atoms with Gasteiger partial charge in [-0.2, -0.15) is 5.26 Å². The van der Waals surface area contributed by atoms with E-state index >= 15 is 0 Å². The SMILES string of the molecule is CCOC(=O)C(C#N)=C(C)C.CCOC(=O)C(CN)C(C)C.Cl. The van der Waals surface area contributed by atoms with Crippen molar-refractivity contribution in [2.75, 3.05) is 19.8 Å². The van der Waals surface area contributed by atoms with E-state index in [1.165, 1.54) is 0 Å². The Bertz CT molecular complexity index is 424. The summed E-state index contributed by atoms with van der Waals surface area (Å²) in [6.07, 6.45) is 0. The summed E-state index contributed by atoms with van der Waals surface area (Å²) in [4.78, 5) is 22.0. The van der Waals surface area contributed by atoms with E-state index in [1.807, 2.05) is 13.8 Å². The van der Waals surface area contributed by atoms with Crippen LogP contribution in [-0.4, -0.2) is 31.7 Å². The number of hydrogen-bond donors (Lipinski definition) is 1. The van der Waals surface area contributed by atoms with Crippen LogP contribution in [0.5, 0.6) is 0 Å². The Morgan fingerprint density at radius 2 is 1.61 bits per heavy atom. The Hall–Kier alpha value is -1.58. The van der Waals surface area contributed by atoms with Crippen LogP contribution in [0.4, 0.5) is 0 Å². The van der Waals surface area contributed by atoms with Gasteiger partial charge in [0.1, 0.15) is 11.6 Å². The molecule has 0 amide bonds. The summed E-state index contributed by atoms with van der Waals surface area (Å²) in [5.74, 6) is -0.589. The molecule has 0 spiro atoms. The molecule has 0 aromatic rings. The molecule has 0 saturated heterocycles. The van der Waals surface area contributed by atoms with Crippen molar-refractivity contribution in [2.45, 2.75) is 41.5 Å². The van der Waals surface area contributed by atoms with Gasteiger partial charge in [-0.15, -0.1) is 12.4 Å². The Kier molecular flexibility index (Phi) is 17.5. The van der Waals surface area contributed by atoms with Gasteiger partial charge in [-0.3, -0.25) is 4.79 Å². The molecular formula is C16H29ClN2O4. The van der Waals surface area contributed by atoms with Crippen LogP contribution < -0.4 is 5.73 Å². The van der Waals surface area contributed by atoms with Gasteiger partial charge in [0.05, 0.1) is 19.1 Å². The summed E-state index contributed by atoms with van der Waals surface area (Å²) in [6.45, 7) is 12.0. The molecule has 0 aromatic carbocycles. The maximum atomic E-state index is 11.1. The topological polar surface area (TPSA) is 102 Å². The molecule has 134 valence electrons. The van der Waals surface area contributed by atoms with Gasteiger partial charge in [0.2, 0.25) is 0 Å². The number of rotatable bonds is 6. The van der Waals surface area contributed by atoms with Gasteiger partial charge in [0, 0.05) is 6.54 Å². The van der Waals surface area contributed by atoms with Crippen LogP contribution in [0.1, 0.15) is 41.5 Å². The average molecular weight is 349 g/mol. The lowest BCUT2D eigenvalue weighted by Gasteiger charge is -2.16. The van der Waals surface area contributed by atoms with Crippen LogP contribution in [0.25, 0.3) is 0 Å². The molecule has 2 N–H and O–H groups in total. The average Bonchev–Trinajstić information content (AvgIpc) is 2.40. The molecule has 0 aromatic heterocycles. The second kappa shape index (κ2) is 15.3. The highest BCUT2D eigenvalue weighted by Gasteiger charge is 2.21. The number of allylic oxidation sites excluding steroid dienone is 1. The summed E-state index contributed by atoms with van der Waals surface area (Å²) in [6, 6.07) is 1.79. The molecule has 0 aliphatic heterocycles. The van der Waals surface area contributed by atoms with E-state index < -0.39 is 5.97 Å². The van der Waals surface area contributed by atoms with Gasteiger partial charge in [0.15, 0.2) is 0 Å². The number of nitrogens with zero attached hydrogens (tertiary/aromatic N) is 1. The minimum absolute atomic E-state index is 0. The Labute approximate surface area is 145 Å². The van der Waals surface area contributed by atoms with Crippen molar-refractivity contribution in [3.05, 3.63) is 11.1 Å². The second-order valence-electron chi connectivity index (χ2n) is 5.05. The zero-order valence-electron chi connectivity index (χ0n) is 14.8. The molecule has 1 atom stereocenters. The van der Waals surface area contributed by atoms with Crippen molar-refractivity contribution in [1.29, 1.82) is 5.26 Å². The monoisotopic (exact) mass is 348 g/mol. The van der Waals surface area contributed by atoms with Crippen LogP contribution in [-0.2, 0) is 19.1 Å². The van der Waals surface area contributed by atoms with Crippen LogP contribution in [0.15, 0.2) is 11.1 Å². The van der Waals surface area contributed by atoms with Crippen molar-refractivity contribution < 1.29 is 19.1 Å². The van der Waals surface area contributed by atoms with Crippen molar-refractivity contribution >= 4 is 24.3 Å². The number of halogens is 1. The minimum Gasteiger partial charge on any atom is -0.466 e. The molecule has 0 bridgehead atoms. The summed E-state index contributed by atoms with van der Waals surface area (Å²) in [7, 11) is 0. The fraction of sp³-hybridized carbons (Fsp3) is 0.688. The van der Waals surface area contributed by atoms with Crippen molar-refractivity contribution in [3.8, 4) is 6.07 Å². The molecule has 0 rings (SSSR count). The van der Waals surface area contributed by atoms with E-state index in [1.54, 1.807) is 33.8 Å². The van der Waals surface area contributed by atoms with Crippen LogP contribution in [0, 0.1) is 23.2 Å². The van der Waals surface area contributed by atoms with E-state index in [0.29, 0.717) is 25.3 Å². The molecule has 0 aliphatic carbocycles. The molecule has 23 heavy (non-hydrogen) atoms. The van der Waals surface area contributed by atoms with Gasteiger partial charge in [-0.05, 0) is 33.6 Å². The maximum absolute atomic E-state index is 11.1. The Morgan fingerprint density at radius 1 is 1.13 bits per heavy atom.